The fourth-order valence-electron chi connectivity index (χ4n) is 2.03. The van der Waals surface area contributed by atoms with Gasteiger partial charge in [0.1, 0.15) is 0 Å². The lowest BCUT2D eigenvalue weighted by Gasteiger charge is -1.97. The van der Waals surface area contributed by atoms with Crippen molar-refractivity contribution in [1.29, 1.82) is 0 Å². The van der Waals surface area contributed by atoms with Crippen LogP contribution in [0.25, 0.3) is 5.78 Å². The molecule has 0 fully saturated rings. The molecule has 1 N–H and O–H groups in total. The van der Waals surface area contributed by atoms with E-state index in [9.17, 15) is 4.79 Å². The quantitative estimate of drug-likeness (QED) is 0.564. The number of aryl methyl sites for hydroxylation is 2. The molecule has 0 saturated carbocycles. The number of amides is 1. The maximum Gasteiger partial charge on any atom is 0.311 e. The second-order valence-corrected chi connectivity index (χ2v) is 5.85. The van der Waals surface area contributed by atoms with Crippen LogP contribution >= 0.6 is 15.9 Å². The SMILES string of the molecule is Cc1cc(C)n2nc(C(=O)N/N=C\c3ccc(Br)cc3)nc2n1. The summed E-state index contributed by atoms with van der Waals surface area (Å²) in [4.78, 5) is 20.4. The molecule has 0 aliphatic heterocycles. The average Bonchev–Trinajstić information content (AvgIpc) is 2.93. The maximum atomic E-state index is 12.1. The van der Waals surface area contributed by atoms with E-state index >= 15 is 0 Å². The second kappa shape index (κ2) is 6.25. The van der Waals surface area contributed by atoms with Crippen molar-refractivity contribution in [2.24, 2.45) is 5.10 Å². The molecule has 7 nitrogen and oxygen atoms in total. The maximum absolute atomic E-state index is 12.1. The lowest BCUT2D eigenvalue weighted by atomic mass is 10.2. The van der Waals surface area contributed by atoms with E-state index in [0.29, 0.717) is 5.78 Å². The molecule has 2 aromatic heterocycles. The molecule has 116 valence electrons. The van der Waals surface area contributed by atoms with Crippen molar-refractivity contribution in [3.8, 4) is 0 Å². The highest BCUT2D eigenvalue weighted by molar-refractivity contribution is 9.10. The molecular formula is C15H13BrN6O. The number of carbonyl (C=O) groups excluding carboxylic acids is 1. The zero-order valence-electron chi connectivity index (χ0n) is 12.5. The number of nitrogens with zero attached hydrogens (tertiary/aromatic N) is 5. The fraction of sp³-hybridized carbons (Fsp3) is 0.133. The van der Waals surface area contributed by atoms with Crippen LogP contribution in [0.1, 0.15) is 27.6 Å². The molecule has 0 unspecified atom stereocenters. The Kier molecular flexibility index (Phi) is 4.16. The number of aromatic nitrogens is 4. The summed E-state index contributed by atoms with van der Waals surface area (Å²) in [6.45, 7) is 3.74. The Balaban J connectivity index is 1.75. The van der Waals surface area contributed by atoms with Gasteiger partial charge in [0, 0.05) is 15.9 Å². The van der Waals surface area contributed by atoms with Crippen molar-refractivity contribution in [2.75, 3.05) is 0 Å². The van der Waals surface area contributed by atoms with Crippen molar-refractivity contribution in [1.82, 2.24) is 25.0 Å². The zero-order valence-corrected chi connectivity index (χ0v) is 14.1. The summed E-state index contributed by atoms with van der Waals surface area (Å²) >= 11 is 3.36. The number of rotatable bonds is 3. The third kappa shape index (κ3) is 3.42. The highest BCUT2D eigenvalue weighted by atomic mass is 79.9. The number of hydrazone groups is 1. The zero-order chi connectivity index (χ0) is 16.4. The van der Waals surface area contributed by atoms with Crippen LogP contribution in [0.5, 0.6) is 0 Å². The third-order valence-corrected chi connectivity index (χ3v) is 3.60. The Hall–Kier alpha value is -2.61. The summed E-state index contributed by atoms with van der Waals surface area (Å²) in [5, 5.41) is 8.05. The molecule has 23 heavy (non-hydrogen) atoms. The fourth-order valence-corrected chi connectivity index (χ4v) is 2.29. The summed E-state index contributed by atoms with van der Waals surface area (Å²) in [5.41, 5.74) is 4.96. The molecule has 2 heterocycles. The van der Waals surface area contributed by atoms with Gasteiger partial charge in [0.25, 0.3) is 5.78 Å². The molecule has 0 radical (unpaired) electrons. The van der Waals surface area contributed by atoms with Gasteiger partial charge in [-0.05, 0) is 37.6 Å². The second-order valence-electron chi connectivity index (χ2n) is 4.94. The van der Waals surface area contributed by atoms with E-state index in [-0.39, 0.29) is 5.82 Å². The smallest absolute Gasteiger partial charge is 0.264 e. The Morgan fingerprint density at radius 3 is 2.74 bits per heavy atom. The highest BCUT2D eigenvalue weighted by Crippen LogP contribution is 2.09. The summed E-state index contributed by atoms with van der Waals surface area (Å²) in [6.07, 6.45) is 1.55. The van der Waals surface area contributed by atoms with Gasteiger partial charge in [-0.1, -0.05) is 28.1 Å². The first kappa shape index (κ1) is 15.3. The summed E-state index contributed by atoms with van der Waals surface area (Å²) in [5.74, 6) is -0.0652. The molecule has 0 aliphatic rings. The van der Waals surface area contributed by atoms with E-state index in [1.54, 1.807) is 6.21 Å². The third-order valence-electron chi connectivity index (χ3n) is 3.07. The van der Waals surface area contributed by atoms with Crippen molar-refractivity contribution >= 4 is 33.8 Å². The minimum atomic E-state index is -0.485. The molecule has 0 bridgehead atoms. The Morgan fingerprint density at radius 2 is 2.00 bits per heavy atom. The lowest BCUT2D eigenvalue weighted by molar-refractivity contribution is 0.0945. The van der Waals surface area contributed by atoms with Crippen LogP contribution in [-0.4, -0.2) is 31.7 Å². The highest BCUT2D eigenvalue weighted by Gasteiger charge is 2.14. The van der Waals surface area contributed by atoms with E-state index in [1.165, 1.54) is 4.52 Å². The summed E-state index contributed by atoms with van der Waals surface area (Å²) in [7, 11) is 0. The topological polar surface area (TPSA) is 84.5 Å². The van der Waals surface area contributed by atoms with E-state index in [4.69, 9.17) is 0 Å². The molecule has 0 atom stereocenters. The Morgan fingerprint density at radius 1 is 1.26 bits per heavy atom. The minimum Gasteiger partial charge on any atom is -0.264 e. The van der Waals surface area contributed by atoms with Gasteiger partial charge in [-0.3, -0.25) is 4.79 Å². The molecule has 0 spiro atoms. The first-order chi connectivity index (χ1) is 11.0. The number of fused-ring (bicyclic) bond motifs is 1. The normalized spacial score (nSPS) is 11.3. The van der Waals surface area contributed by atoms with Crippen molar-refractivity contribution in [3.63, 3.8) is 0 Å². The molecular weight excluding hydrogens is 360 g/mol. The van der Waals surface area contributed by atoms with E-state index in [2.05, 4.69) is 41.5 Å². The average molecular weight is 373 g/mol. The number of halogens is 1. The van der Waals surface area contributed by atoms with Gasteiger partial charge >= 0.3 is 5.91 Å². The van der Waals surface area contributed by atoms with E-state index in [0.717, 1.165) is 21.4 Å². The van der Waals surface area contributed by atoms with Crippen LogP contribution in [0.4, 0.5) is 0 Å². The van der Waals surface area contributed by atoms with E-state index in [1.807, 2.05) is 44.2 Å². The molecule has 8 heteroatoms. The molecule has 1 aromatic carbocycles. The largest absolute Gasteiger partial charge is 0.311 e. The molecule has 3 rings (SSSR count). The minimum absolute atomic E-state index is 0.0270. The Bertz CT molecular complexity index is 900. The standard InChI is InChI=1S/C15H13BrN6O/c1-9-7-10(2)22-15(18-9)19-13(21-22)14(23)20-17-8-11-3-5-12(16)6-4-11/h3-8H,1-2H3,(H,20,23)/b17-8-. The van der Waals surface area contributed by atoms with Gasteiger partial charge in [0.2, 0.25) is 5.82 Å². The van der Waals surface area contributed by atoms with Crippen molar-refractivity contribution in [3.05, 3.63) is 57.6 Å². The molecule has 3 aromatic rings. The van der Waals surface area contributed by atoms with Gasteiger partial charge in [-0.25, -0.2) is 14.9 Å². The number of nitrogens with one attached hydrogen (secondary N) is 1. The monoisotopic (exact) mass is 372 g/mol. The van der Waals surface area contributed by atoms with Crippen LogP contribution in [0.3, 0.4) is 0 Å². The summed E-state index contributed by atoms with van der Waals surface area (Å²) in [6, 6.07) is 9.40. The van der Waals surface area contributed by atoms with Gasteiger partial charge in [-0.15, -0.1) is 5.10 Å². The molecule has 0 aliphatic carbocycles. The number of hydrogen-bond acceptors (Lipinski definition) is 5. The van der Waals surface area contributed by atoms with Crippen LogP contribution in [0, 0.1) is 13.8 Å². The first-order valence-electron chi connectivity index (χ1n) is 6.83. The van der Waals surface area contributed by atoms with Crippen LogP contribution in [0.2, 0.25) is 0 Å². The summed E-state index contributed by atoms with van der Waals surface area (Å²) < 4.78 is 2.51. The molecule has 0 saturated heterocycles. The van der Waals surface area contributed by atoms with Crippen LogP contribution in [-0.2, 0) is 0 Å². The van der Waals surface area contributed by atoms with Crippen LogP contribution < -0.4 is 5.43 Å². The van der Waals surface area contributed by atoms with Gasteiger partial charge in [0.05, 0.1) is 6.21 Å². The number of benzene rings is 1. The van der Waals surface area contributed by atoms with Crippen LogP contribution in [0.15, 0.2) is 39.9 Å². The number of carbonyl (C=O) groups is 1. The lowest BCUT2D eigenvalue weighted by Crippen LogP contribution is -2.19. The predicted molar refractivity (Wildman–Crippen MR) is 89.5 cm³/mol. The predicted octanol–water partition coefficient (Wildman–Crippen LogP) is 2.27. The number of hydrogen-bond donors (Lipinski definition) is 1. The van der Waals surface area contributed by atoms with Crippen molar-refractivity contribution < 1.29 is 4.79 Å². The van der Waals surface area contributed by atoms with E-state index < -0.39 is 5.91 Å². The first-order valence-corrected chi connectivity index (χ1v) is 7.62. The van der Waals surface area contributed by atoms with Crippen molar-refractivity contribution in [2.45, 2.75) is 13.8 Å². The van der Waals surface area contributed by atoms with Gasteiger partial charge in [0.15, 0.2) is 0 Å². The Labute approximate surface area is 140 Å². The molecule has 1 amide bonds. The van der Waals surface area contributed by atoms with Gasteiger partial charge in [-0.2, -0.15) is 10.1 Å². The van der Waals surface area contributed by atoms with Gasteiger partial charge < -0.3 is 0 Å².